The highest BCUT2D eigenvalue weighted by Crippen LogP contribution is 2.29. The number of nitrogens with zero attached hydrogens (tertiary/aromatic N) is 5. The van der Waals surface area contributed by atoms with Gasteiger partial charge in [0.25, 0.3) is 5.56 Å². The first-order valence-corrected chi connectivity index (χ1v) is 9.26. The summed E-state index contributed by atoms with van der Waals surface area (Å²) in [7, 11) is 0. The molecular formula is C18H19N5OS. The van der Waals surface area contributed by atoms with E-state index in [-0.39, 0.29) is 11.6 Å². The lowest BCUT2D eigenvalue weighted by atomic mass is 10.2. The number of pyridine rings is 1. The van der Waals surface area contributed by atoms with E-state index in [1.807, 2.05) is 19.1 Å². The SMILES string of the molecule is Cc1csc(N2CCCC2Cn2nc(-c3ccncc3)ccc2=O)n1. The van der Waals surface area contributed by atoms with Crippen molar-refractivity contribution in [3.63, 3.8) is 0 Å². The second-order valence-electron chi connectivity index (χ2n) is 6.24. The Balaban J connectivity index is 1.60. The molecule has 1 unspecified atom stereocenters. The normalized spacial score (nSPS) is 17.2. The standard InChI is InChI=1S/C18H19N5OS/c1-13-12-25-18(20-13)22-10-2-3-15(22)11-23-17(24)5-4-16(21-23)14-6-8-19-9-7-14/h4-9,12,15H,2-3,10-11H2,1H3. The van der Waals surface area contributed by atoms with Gasteiger partial charge in [-0.15, -0.1) is 11.3 Å². The van der Waals surface area contributed by atoms with Gasteiger partial charge >= 0.3 is 0 Å². The first-order valence-electron chi connectivity index (χ1n) is 8.38. The summed E-state index contributed by atoms with van der Waals surface area (Å²) in [6.07, 6.45) is 5.63. The summed E-state index contributed by atoms with van der Waals surface area (Å²) in [6, 6.07) is 7.41. The van der Waals surface area contributed by atoms with Crippen LogP contribution in [-0.2, 0) is 6.54 Å². The van der Waals surface area contributed by atoms with Crippen LogP contribution < -0.4 is 10.5 Å². The molecule has 1 aliphatic rings. The molecule has 3 aromatic heterocycles. The van der Waals surface area contributed by atoms with Gasteiger partial charge in [0, 0.05) is 35.9 Å². The molecule has 1 fully saturated rings. The van der Waals surface area contributed by atoms with Gasteiger partial charge in [-0.05, 0) is 38.0 Å². The number of aryl methyl sites for hydroxylation is 1. The van der Waals surface area contributed by atoms with Crippen molar-refractivity contribution in [1.82, 2.24) is 19.7 Å². The summed E-state index contributed by atoms with van der Waals surface area (Å²) in [5, 5.41) is 7.68. The van der Waals surface area contributed by atoms with E-state index in [1.165, 1.54) is 0 Å². The highest BCUT2D eigenvalue weighted by atomic mass is 32.1. The minimum Gasteiger partial charge on any atom is -0.343 e. The number of anilines is 1. The zero-order valence-electron chi connectivity index (χ0n) is 14.0. The Morgan fingerprint density at radius 1 is 1.24 bits per heavy atom. The highest BCUT2D eigenvalue weighted by molar-refractivity contribution is 7.13. The fourth-order valence-corrected chi connectivity index (χ4v) is 4.11. The summed E-state index contributed by atoms with van der Waals surface area (Å²) in [6.45, 7) is 3.57. The van der Waals surface area contributed by atoms with Gasteiger partial charge in [-0.2, -0.15) is 5.10 Å². The van der Waals surface area contributed by atoms with Crippen LogP contribution in [0.1, 0.15) is 18.5 Å². The smallest absolute Gasteiger partial charge is 0.266 e. The summed E-state index contributed by atoms with van der Waals surface area (Å²) in [5.41, 5.74) is 2.72. The third kappa shape index (κ3) is 3.32. The average molecular weight is 353 g/mol. The number of hydrogen-bond donors (Lipinski definition) is 0. The van der Waals surface area contributed by atoms with E-state index in [9.17, 15) is 4.79 Å². The van der Waals surface area contributed by atoms with Gasteiger partial charge in [0.2, 0.25) is 0 Å². The van der Waals surface area contributed by atoms with E-state index in [0.29, 0.717) is 6.54 Å². The molecule has 0 radical (unpaired) electrons. The zero-order chi connectivity index (χ0) is 17.2. The molecule has 0 aromatic carbocycles. The predicted molar refractivity (Wildman–Crippen MR) is 98.9 cm³/mol. The lowest BCUT2D eigenvalue weighted by Crippen LogP contribution is -2.37. The van der Waals surface area contributed by atoms with Crippen LogP contribution in [0.3, 0.4) is 0 Å². The van der Waals surface area contributed by atoms with Gasteiger partial charge in [0.1, 0.15) is 0 Å². The van der Waals surface area contributed by atoms with Crippen LogP contribution >= 0.6 is 11.3 Å². The second-order valence-corrected chi connectivity index (χ2v) is 7.07. The third-order valence-electron chi connectivity index (χ3n) is 4.46. The molecule has 4 rings (SSSR count). The van der Waals surface area contributed by atoms with Gasteiger partial charge in [-0.3, -0.25) is 9.78 Å². The fraction of sp³-hybridized carbons (Fsp3) is 0.333. The molecule has 1 saturated heterocycles. The molecule has 1 atom stereocenters. The molecule has 128 valence electrons. The molecule has 0 N–H and O–H groups in total. The number of thiazole rings is 1. The molecule has 25 heavy (non-hydrogen) atoms. The molecule has 1 aliphatic heterocycles. The van der Waals surface area contributed by atoms with Gasteiger partial charge < -0.3 is 4.90 Å². The molecule has 0 saturated carbocycles. The molecule has 3 aromatic rings. The minimum atomic E-state index is -0.0695. The van der Waals surface area contributed by atoms with E-state index in [0.717, 1.165) is 41.5 Å². The molecule has 0 spiro atoms. The number of rotatable bonds is 4. The first-order chi connectivity index (χ1) is 12.2. The quantitative estimate of drug-likeness (QED) is 0.722. The Morgan fingerprint density at radius 2 is 2.08 bits per heavy atom. The fourth-order valence-electron chi connectivity index (χ4n) is 3.21. The Bertz CT molecular complexity index is 920. The molecule has 0 amide bonds. The van der Waals surface area contributed by atoms with Crippen LogP contribution in [0.2, 0.25) is 0 Å². The second kappa shape index (κ2) is 6.76. The van der Waals surface area contributed by atoms with Crippen molar-refractivity contribution >= 4 is 16.5 Å². The third-order valence-corrected chi connectivity index (χ3v) is 5.45. The predicted octanol–water partition coefficient (Wildman–Crippen LogP) is 2.74. The monoisotopic (exact) mass is 353 g/mol. The Labute approximate surface area is 149 Å². The Morgan fingerprint density at radius 3 is 2.84 bits per heavy atom. The molecule has 4 heterocycles. The van der Waals surface area contributed by atoms with Crippen molar-refractivity contribution in [2.24, 2.45) is 0 Å². The lowest BCUT2D eigenvalue weighted by molar-refractivity contribution is 0.490. The van der Waals surface area contributed by atoms with Crippen LogP contribution in [0, 0.1) is 6.92 Å². The maximum atomic E-state index is 12.3. The molecule has 6 nitrogen and oxygen atoms in total. The summed E-state index contributed by atoms with van der Waals surface area (Å²) in [5.74, 6) is 0. The largest absolute Gasteiger partial charge is 0.343 e. The molecular weight excluding hydrogens is 334 g/mol. The van der Waals surface area contributed by atoms with Crippen molar-refractivity contribution in [3.8, 4) is 11.3 Å². The van der Waals surface area contributed by atoms with Gasteiger partial charge in [0.15, 0.2) is 5.13 Å². The van der Waals surface area contributed by atoms with Crippen LogP contribution in [0.25, 0.3) is 11.3 Å². The maximum absolute atomic E-state index is 12.3. The van der Waals surface area contributed by atoms with Crippen LogP contribution in [-0.4, -0.2) is 32.3 Å². The number of aromatic nitrogens is 4. The topological polar surface area (TPSA) is 63.9 Å². The van der Waals surface area contributed by atoms with Crippen molar-refractivity contribution in [2.75, 3.05) is 11.4 Å². The maximum Gasteiger partial charge on any atom is 0.266 e. The summed E-state index contributed by atoms with van der Waals surface area (Å²) in [4.78, 5) is 23.2. The summed E-state index contributed by atoms with van der Waals surface area (Å²) < 4.78 is 1.58. The Hall–Kier alpha value is -2.54. The van der Waals surface area contributed by atoms with E-state index in [4.69, 9.17) is 0 Å². The van der Waals surface area contributed by atoms with Crippen molar-refractivity contribution < 1.29 is 0 Å². The van der Waals surface area contributed by atoms with Crippen molar-refractivity contribution in [3.05, 3.63) is 58.1 Å². The Kier molecular flexibility index (Phi) is 4.31. The zero-order valence-corrected chi connectivity index (χ0v) is 14.8. The van der Waals surface area contributed by atoms with E-state index < -0.39 is 0 Å². The minimum absolute atomic E-state index is 0.0695. The number of hydrogen-bond acceptors (Lipinski definition) is 6. The van der Waals surface area contributed by atoms with Crippen LogP contribution in [0.5, 0.6) is 0 Å². The molecule has 7 heteroatoms. The van der Waals surface area contributed by atoms with E-state index in [1.54, 1.807) is 40.5 Å². The van der Waals surface area contributed by atoms with E-state index >= 15 is 0 Å². The molecule has 0 aliphatic carbocycles. The highest BCUT2D eigenvalue weighted by Gasteiger charge is 2.27. The summed E-state index contributed by atoms with van der Waals surface area (Å²) >= 11 is 1.67. The van der Waals surface area contributed by atoms with Crippen molar-refractivity contribution in [2.45, 2.75) is 32.4 Å². The lowest BCUT2D eigenvalue weighted by Gasteiger charge is -2.24. The van der Waals surface area contributed by atoms with Crippen molar-refractivity contribution in [1.29, 1.82) is 0 Å². The van der Waals surface area contributed by atoms with Gasteiger partial charge in [-0.25, -0.2) is 9.67 Å². The van der Waals surface area contributed by atoms with Gasteiger partial charge in [-0.1, -0.05) is 0 Å². The van der Waals surface area contributed by atoms with Crippen LogP contribution in [0.15, 0.2) is 46.8 Å². The van der Waals surface area contributed by atoms with Crippen LogP contribution in [0.4, 0.5) is 5.13 Å². The average Bonchev–Trinajstić information content (AvgIpc) is 3.26. The van der Waals surface area contributed by atoms with Gasteiger partial charge in [0.05, 0.1) is 24.0 Å². The van der Waals surface area contributed by atoms with E-state index in [2.05, 4.69) is 25.3 Å². The first kappa shape index (κ1) is 16.0. The molecule has 0 bridgehead atoms.